The van der Waals surface area contributed by atoms with Gasteiger partial charge < -0.3 is 28.1 Å². The van der Waals surface area contributed by atoms with E-state index in [-0.39, 0.29) is 29.8 Å². The minimum absolute atomic E-state index is 0.0350. The molecule has 2 aromatic carbocycles. The summed E-state index contributed by atoms with van der Waals surface area (Å²) in [6, 6.07) is 8.95. The molecule has 0 N–H and O–H groups in total. The second kappa shape index (κ2) is 10.1. The maximum atomic E-state index is 11.9. The Hall–Kier alpha value is -4.35. The lowest BCUT2D eigenvalue weighted by atomic mass is 10.2. The molecule has 0 atom stereocenters. The van der Waals surface area contributed by atoms with Crippen LogP contribution in [0.25, 0.3) is 11.5 Å². The van der Waals surface area contributed by atoms with Crippen molar-refractivity contribution >= 4 is 11.7 Å². The number of benzene rings is 2. The molecule has 0 amide bonds. The molecule has 1 aromatic heterocycles. The predicted octanol–water partition coefficient (Wildman–Crippen LogP) is 2.79. The molecule has 0 radical (unpaired) electrons. The molecule has 0 unspecified atom stereocenters. The fraction of sp³-hybridized carbons (Fsp3) is 0.250. The number of rotatable bonds is 10. The highest BCUT2D eigenvalue weighted by Gasteiger charge is 2.19. The first-order chi connectivity index (χ1) is 15.5. The zero-order valence-electron chi connectivity index (χ0n) is 17.4. The highest BCUT2D eigenvalue weighted by atomic mass is 16.6. The molecule has 0 aliphatic rings. The molecule has 0 aliphatic heterocycles. The average molecular weight is 445 g/mol. The summed E-state index contributed by atoms with van der Waals surface area (Å²) in [5.74, 6) is 0.582. The number of carbonyl (C=O) groups is 1. The van der Waals surface area contributed by atoms with Crippen molar-refractivity contribution in [2.75, 3.05) is 27.9 Å². The summed E-state index contributed by atoms with van der Waals surface area (Å²) in [7, 11) is 4.44. The molecular formula is C20H19N3O9. The number of esters is 1. The lowest BCUT2D eigenvalue weighted by Gasteiger charge is -2.12. The number of para-hydroxylation sites is 2. The summed E-state index contributed by atoms with van der Waals surface area (Å²) >= 11 is 0. The fourth-order valence-electron chi connectivity index (χ4n) is 2.68. The Balaban J connectivity index is 1.62. The second-order valence-electron chi connectivity index (χ2n) is 6.09. The lowest BCUT2D eigenvalue weighted by molar-refractivity contribution is -0.385. The lowest BCUT2D eigenvalue weighted by Crippen LogP contribution is -2.15. The second-order valence-corrected chi connectivity index (χ2v) is 6.09. The highest BCUT2D eigenvalue weighted by molar-refractivity contribution is 5.71. The van der Waals surface area contributed by atoms with Crippen molar-refractivity contribution in [1.29, 1.82) is 0 Å². The summed E-state index contributed by atoms with van der Waals surface area (Å²) in [4.78, 5) is 22.3. The maximum absolute atomic E-state index is 11.9. The normalized spacial score (nSPS) is 10.3. The first-order valence-electron chi connectivity index (χ1n) is 9.11. The van der Waals surface area contributed by atoms with Gasteiger partial charge in [0.25, 0.3) is 5.89 Å². The topological polar surface area (TPSA) is 145 Å². The molecule has 3 rings (SSSR count). The molecular weight excluding hydrogens is 426 g/mol. The molecule has 168 valence electrons. The Bertz CT molecular complexity index is 1090. The number of hydrogen-bond acceptors (Lipinski definition) is 11. The van der Waals surface area contributed by atoms with E-state index in [0.29, 0.717) is 22.8 Å². The van der Waals surface area contributed by atoms with Gasteiger partial charge in [-0.05, 0) is 18.2 Å². The van der Waals surface area contributed by atoms with Gasteiger partial charge in [-0.2, -0.15) is 0 Å². The molecule has 0 saturated carbocycles. The quantitative estimate of drug-likeness (QED) is 0.258. The van der Waals surface area contributed by atoms with E-state index in [1.165, 1.54) is 39.5 Å². The Labute approximate surface area is 181 Å². The summed E-state index contributed by atoms with van der Waals surface area (Å²) in [5, 5.41) is 18.7. The molecule has 0 saturated heterocycles. The molecule has 0 fully saturated rings. The standard InChI is InChI=1S/C20H19N3O9/c1-27-15-8-12(9-16(28-2)19(15)29-3)20-22-21-17(32-20)10-31-18(24)11-30-14-7-5-4-6-13(14)23(25)26/h4-9H,10-11H2,1-3H3. The van der Waals surface area contributed by atoms with Crippen LogP contribution in [0.15, 0.2) is 40.8 Å². The third-order valence-corrected chi connectivity index (χ3v) is 4.14. The van der Waals surface area contributed by atoms with Crippen molar-refractivity contribution in [3.63, 3.8) is 0 Å². The van der Waals surface area contributed by atoms with Gasteiger partial charge in [-0.25, -0.2) is 4.79 Å². The number of carbonyl (C=O) groups excluding carboxylic acids is 1. The largest absolute Gasteiger partial charge is 0.493 e. The van der Waals surface area contributed by atoms with Crippen LogP contribution in [0, 0.1) is 10.1 Å². The van der Waals surface area contributed by atoms with Gasteiger partial charge in [0.2, 0.25) is 11.6 Å². The van der Waals surface area contributed by atoms with E-state index in [9.17, 15) is 14.9 Å². The number of nitro benzene ring substituents is 1. The minimum atomic E-state index is -0.768. The van der Waals surface area contributed by atoms with Gasteiger partial charge >= 0.3 is 11.7 Å². The summed E-state index contributed by atoms with van der Waals surface area (Å²) < 4.78 is 31.6. The maximum Gasteiger partial charge on any atom is 0.344 e. The zero-order chi connectivity index (χ0) is 23.1. The van der Waals surface area contributed by atoms with Gasteiger partial charge in [-0.15, -0.1) is 10.2 Å². The first kappa shape index (κ1) is 22.3. The van der Waals surface area contributed by atoms with Crippen LogP contribution in [0.2, 0.25) is 0 Å². The monoisotopic (exact) mass is 445 g/mol. The van der Waals surface area contributed by atoms with Crippen LogP contribution in [0.1, 0.15) is 5.89 Å². The molecule has 0 aliphatic carbocycles. The smallest absolute Gasteiger partial charge is 0.344 e. The van der Waals surface area contributed by atoms with Crippen molar-refractivity contribution in [1.82, 2.24) is 10.2 Å². The van der Waals surface area contributed by atoms with E-state index in [1.54, 1.807) is 18.2 Å². The number of methoxy groups -OCH3 is 3. The van der Waals surface area contributed by atoms with E-state index in [2.05, 4.69) is 10.2 Å². The Morgan fingerprint density at radius 1 is 1.03 bits per heavy atom. The summed E-state index contributed by atoms with van der Waals surface area (Å²) in [6.07, 6.45) is 0. The molecule has 0 bridgehead atoms. The van der Waals surface area contributed by atoms with Gasteiger partial charge in [0, 0.05) is 11.6 Å². The van der Waals surface area contributed by atoms with Crippen molar-refractivity contribution in [2.24, 2.45) is 0 Å². The number of hydrogen-bond donors (Lipinski definition) is 0. The van der Waals surface area contributed by atoms with E-state index in [1.807, 2.05) is 0 Å². The third-order valence-electron chi connectivity index (χ3n) is 4.14. The zero-order valence-corrected chi connectivity index (χ0v) is 17.4. The summed E-state index contributed by atoms with van der Waals surface area (Å²) in [6.45, 7) is -0.838. The van der Waals surface area contributed by atoms with Crippen LogP contribution in [0.5, 0.6) is 23.0 Å². The number of aromatic nitrogens is 2. The SMILES string of the molecule is COc1cc(-c2nnc(COC(=O)COc3ccccc3[N+](=O)[O-])o2)cc(OC)c1OC. The molecule has 12 nitrogen and oxygen atoms in total. The van der Waals surface area contributed by atoms with E-state index in [0.717, 1.165) is 0 Å². The van der Waals surface area contributed by atoms with Crippen LogP contribution < -0.4 is 18.9 Å². The van der Waals surface area contributed by atoms with E-state index < -0.39 is 17.5 Å². The van der Waals surface area contributed by atoms with Crippen molar-refractivity contribution < 1.29 is 37.8 Å². The van der Waals surface area contributed by atoms with Crippen LogP contribution in [-0.4, -0.2) is 49.0 Å². The highest BCUT2D eigenvalue weighted by Crippen LogP contribution is 2.40. The molecule has 12 heteroatoms. The first-order valence-corrected chi connectivity index (χ1v) is 9.11. The molecule has 32 heavy (non-hydrogen) atoms. The minimum Gasteiger partial charge on any atom is -0.493 e. The van der Waals surface area contributed by atoms with Gasteiger partial charge in [0.15, 0.2) is 30.5 Å². The van der Waals surface area contributed by atoms with Gasteiger partial charge in [0.1, 0.15) is 0 Å². The van der Waals surface area contributed by atoms with Crippen LogP contribution in [0.4, 0.5) is 5.69 Å². The van der Waals surface area contributed by atoms with E-state index in [4.69, 9.17) is 28.1 Å². The Morgan fingerprint density at radius 2 is 1.72 bits per heavy atom. The number of nitro groups is 1. The Morgan fingerprint density at radius 3 is 2.34 bits per heavy atom. The van der Waals surface area contributed by atoms with Gasteiger partial charge in [-0.3, -0.25) is 10.1 Å². The number of nitrogens with zero attached hydrogens (tertiary/aromatic N) is 3. The third kappa shape index (κ3) is 5.03. The van der Waals surface area contributed by atoms with Crippen LogP contribution in [-0.2, 0) is 16.1 Å². The van der Waals surface area contributed by atoms with Gasteiger partial charge in [-0.1, -0.05) is 12.1 Å². The van der Waals surface area contributed by atoms with Crippen molar-refractivity contribution in [3.05, 3.63) is 52.4 Å². The predicted molar refractivity (Wildman–Crippen MR) is 108 cm³/mol. The van der Waals surface area contributed by atoms with Crippen molar-refractivity contribution in [2.45, 2.75) is 6.61 Å². The molecule has 0 spiro atoms. The van der Waals surface area contributed by atoms with E-state index >= 15 is 0 Å². The van der Waals surface area contributed by atoms with Gasteiger partial charge in [0.05, 0.1) is 26.3 Å². The van der Waals surface area contributed by atoms with Crippen LogP contribution in [0.3, 0.4) is 0 Å². The summed E-state index contributed by atoms with van der Waals surface area (Å²) in [5.41, 5.74) is 0.247. The van der Waals surface area contributed by atoms with Crippen molar-refractivity contribution in [3.8, 4) is 34.5 Å². The molecule has 3 aromatic rings. The van der Waals surface area contributed by atoms with Crippen LogP contribution >= 0.6 is 0 Å². The molecule has 1 heterocycles. The fourth-order valence-corrected chi connectivity index (χ4v) is 2.68. The Kier molecular flexibility index (Phi) is 7.06. The number of ether oxygens (including phenoxy) is 5. The average Bonchev–Trinajstić information content (AvgIpc) is 3.29.